The fourth-order valence-electron chi connectivity index (χ4n) is 10.8. The summed E-state index contributed by atoms with van der Waals surface area (Å²) in [7, 11) is 0. The molecule has 6 heteroatoms. The Morgan fingerprint density at radius 2 is 1.78 bits per heavy atom. The summed E-state index contributed by atoms with van der Waals surface area (Å²) < 4.78 is 11.4. The third-order valence-corrected chi connectivity index (χ3v) is 13.4. The van der Waals surface area contributed by atoms with Gasteiger partial charge >= 0.3 is 5.97 Å². The molecule has 0 aromatic heterocycles. The number of nitrogens with zero attached hydrogens (tertiary/aromatic N) is 1. The SMILES string of the molecule is CC(C)CCC[C@@H](C)[C@H]1CC[C@H]2[C@@H]3CC=C4C[C@@H](OC(=O)CCC(=O)NCCCCN5CCOCC5)CC[C@]4(C)[C@H]3CC[C@]12C. The summed E-state index contributed by atoms with van der Waals surface area (Å²) in [5.41, 5.74) is 2.33. The monoisotopic (exact) mass is 627 g/mol. The third-order valence-electron chi connectivity index (χ3n) is 13.4. The van der Waals surface area contributed by atoms with Crippen LogP contribution in [0.2, 0.25) is 0 Å². The van der Waals surface area contributed by atoms with Gasteiger partial charge in [0.05, 0.1) is 19.6 Å². The molecule has 0 aromatic rings. The van der Waals surface area contributed by atoms with Crippen LogP contribution in [0.1, 0.15) is 131 Å². The molecule has 3 saturated carbocycles. The number of fused-ring (bicyclic) bond motifs is 5. The Bertz CT molecular complexity index is 1020. The van der Waals surface area contributed by atoms with E-state index in [9.17, 15) is 9.59 Å². The fraction of sp³-hybridized carbons (Fsp3) is 0.897. The van der Waals surface area contributed by atoms with E-state index in [1.165, 1.54) is 51.4 Å². The Morgan fingerprint density at radius 1 is 0.978 bits per heavy atom. The second-order valence-electron chi connectivity index (χ2n) is 16.7. The minimum absolute atomic E-state index is 0.0342. The first-order valence-corrected chi connectivity index (χ1v) is 19.1. The Kier molecular flexibility index (Phi) is 12.2. The highest BCUT2D eigenvalue weighted by Gasteiger charge is 2.59. The molecule has 5 rings (SSSR count). The summed E-state index contributed by atoms with van der Waals surface area (Å²) >= 11 is 0. The number of nitrogens with one attached hydrogen (secondary N) is 1. The first-order valence-electron chi connectivity index (χ1n) is 19.1. The standard InChI is InChI=1S/C39H66N2O4/c1-28(2)9-8-10-29(3)33-13-14-34-32-12-11-30-27-31(17-19-38(30,4)35(32)18-20-39(33,34)5)45-37(43)16-15-36(42)40-21-6-7-22-41-23-25-44-26-24-41/h11,28-29,31-35H,6-10,12-27H2,1-5H3,(H,40,42)/t29-,31+,32+,33-,34+,35+,38+,39-/m1/s1. The lowest BCUT2D eigenvalue weighted by atomic mass is 9.47. The maximum atomic E-state index is 12.7. The number of ether oxygens (including phenoxy) is 2. The van der Waals surface area contributed by atoms with Crippen molar-refractivity contribution in [2.75, 3.05) is 39.4 Å². The maximum absolute atomic E-state index is 12.7. The van der Waals surface area contributed by atoms with Gasteiger partial charge in [-0.05, 0) is 111 Å². The van der Waals surface area contributed by atoms with Crippen LogP contribution >= 0.6 is 0 Å². The lowest BCUT2D eigenvalue weighted by Gasteiger charge is -2.58. The number of carbonyl (C=O) groups is 2. The van der Waals surface area contributed by atoms with Crippen LogP contribution in [0.25, 0.3) is 0 Å². The number of esters is 1. The number of rotatable bonds is 14. The Labute approximate surface area is 275 Å². The molecule has 0 bridgehead atoms. The number of morpholine rings is 1. The van der Waals surface area contributed by atoms with Gasteiger partial charge in [0.1, 0.15) is 6.10 Å². The molecule has 1 heterocycles. The van der Waals surface area contributed by atoms with Gasteiger partial charge < -0.3 is 14.8 Å². The quantitative estimate of drug-likeness (QED) is 0.120. The first-order chi connectivity index (χ1) is 21.6. The van der Waals surface area contributed by atoms with Crippen LogP contribution in [0.4, 0.5) is 0 Å². The van der Waals surface area contributed by atoms with Crippen LogP contribution < -0.4 is 5.32 Å². The van der Waals surface area contributed by atoms with Gasteiger partial charge in [0.15, 0.2) is 0 Å². The normalized spacial score (nSPS) is 35.6. The lowest BCUT2D eigenvalue weighted by molar-refractivity contribution is -0.152. The highest BCUT2D eigenvalue weighted by atomic mass is 16.5. The van der Waals surface area contributed by atoms with Gasteiger partial charge in [-0.1, -0.05) is 65.5 Å². The van der Waals surface area contributed by atoms with Crippen LogP contribution in [0, 0.1) is 46.3 Å². The van der Waals surface area contributed by atoms with E-state index in [2.05, 4.69) is 50.9 Å². The molecule has 0 unspecified atom stereocenters. The van der Waals surface area contributed by atoms with Gasteiger partial charge in [-0.2, -0.15) is 0 Å². The molecule has 0 spiro atoms. The van der Waals surface area contributed by atoms with Crippen molar-refractivity contribution in [3.63, 3.8) is 0 Å². The average Bonchev–Trinajstić information content (AvgIpc) is 3.37. The highest BCUT2D eigenvalue weighted by molar-refractivity contribution is 5.81. The maximum Gasteiger partial charge on any atom is 0.306 e. The summed E-state index contributed by atoms with van der Waals surface area (Å²) in [4.78, 5) is 27.5. The van der Waals surface area contributed by atoms with Gasteiger partial charge in [0.2, 0.25) is 5.91 Å². The van der Waals surface area contributed by atoms with Gasteiger partial charge in [0, 0.05) is 32.5 Å². The van der Waals surface area contributed by atoms with E-state index in [1.54, 1.807) is 5.57 Å². The molecular weight excluding hydrogens is 560 g/mol. The molecule has 1 amide bonds. The van der Waals surface area contributed by atoms with Crippen molar-refractivity contribution < 1.29 is 19.1 Å². The minimum atomic E-state index is -0.215. The highest BCUT2D eigenvalue weighted by Crippen LogP contribution is 2.67. The topological polar surface area (TPSA) is 67.9 Å². The number of unbranched alkanes of at least 4 members (excludes halogenated alkanes) is 1. The van der Waals surface area contributed by atoms with Gasteiger partial charge in [0.25, 0.3) is 0 Å². The summed E-state index contributed by atoms with van der Waals surface area (Å²) in [5.74, 6) is 4.78. The molecule has 5 aliphatic rings. The van der Waals surface area contributed by atoms with Crippen molar-refractivity contribution in [2.45, 2.75) is 137 Å². The summed E-state index contributed by atoms with van der Waals surface area (Å²) in [6.45, 7) is 17.9. The molecular formula is C39H66N2O4. The zero-order valence-corrected chi connectivity index (χ0v) is 29.5. The van der Waals surface area contributed by atoms with Crippen molar-refractivity contribution in [3.8, 4) is 0 Å². The number of allylic oxidation sites excluding steroid dienone is 1. The Hall–Kier alpha value is -1.40. The molecule has 6 nitrogen and oxygen atoms in total. The second kappa shape index (κ2) is 15.7. The molecule has 256 valence electrons. The fourth-order valence-corrected chi connectivity index (χ4v) is 10.8. The molecule has 1 aliphatic heterocycles. The first kappa shape index (κ1) is 34.9. The molecule has 8 atom stereocenters. The smallest absolute Gasteiger partial charge is 0.306 e. The number of hydrogen-bond acceptors (Lipinski definition) is 5. The number of amides is 1. The Balaban J connectivity index is 1.04. The van der Waals surface area contributed by atoms with Crippen molar-refractivity contribution in [2.24, 2.45) is 46.3 Å². The molecule has 1 saturated heterocycles. The van der Waals surface area contributed by atoms with Crippen LogP contribution in [-0.4, -0.2) is 62.3 Å². The number of hydrogen-bond donors (Lipinski definition) is 1. The van der Waals surface area contributed by atoms with E-state index >= 15 is 0 Å². The van der Waals surface area contributed by atoms with Crippen LogP contribution in [0.15, 0.2) is 11.6 Å². The second-order valence-corrected chi connectivity index (χ2v) is 16.7. The van der Waals surface area contributed by atoms with E-state index in [4.69, 9.17) is 9.47 Å². The third kappa shape index (κ3) is 8.37. The molecule has 4 fully saturated rings. The lowest BCUT2D eigenvalue weighted by Crippen LogP contribution is -2.51. The number of carbonyl (C=O) groups excluding carboxylic acids is 2. The van der Waals surface area contributed by atoms with Crippen LogP contribution in [-0.2, 0) is 19.1 Å². The van der Waals surface area contributed by atoms with Crippen LogP contribution in [0.5, 0.6) is 0 Å². The molecule has 0 radical (unpaired) electrons. The molecule has 0 aromatic carbocycles. The molecule has 45 heavy (non-hydrogen) atoms. The molecule has 1 N–H and O–H groups in total. The van der Waals surface area contributed by atoms with Crippen molar-refractivity contribution in [3.05, 3.63) is 11.6 Å². The van der Waals surface area contributed by atoms with Crippen molar-refractivity contribution in [1.82, 2.24) is 10.2 Å². The summed E-state index contributed by atoms with van der Waals surface area (Å²) in [6.07, 6.45) is 19.0. The van der Waals surface area contributed by atoms with E-state index in [1.807, 2.05) is 0 Å². The van der Waals surface area contributed by atoms with Crippen molar-refractivity contribution in [1.29, 1.82) is 0 Å². The zero-order chi connectivity index (χ0) is 32.0. The van der Waals surface area contributed by atoms with Gasteiger partial charge in [-0.15, -0.1) is 0 Å². The summed E-state index contributed by atoms with van der Waals surface area (Å²) in [6, 6.07) is 0. The zero-order valence-electron chi connectivity index (χ0n) is 29.5. The van der Waals surface area contributed by atoms with E-state index in [0.29, 0.717) is 12.0 Å². The van der Waals surface area contributed by atoms with E-state index < -0.39 is 0 Å². The predicted molar refractivity (Wildman–Crippen MR) is 182 cm³/mol. The van der Waals surface area contributed by atoms with Crippen LogP contribution in [0.3, 0.4) is 0 Å². The van der Waals surface area contributed by atoms with E-state index in [0.717, 1.165) is 100 Å². The van der Waals surface area contributed by atoms with E-state index in [-0.39, 0.29) is 36.2 Å². The molecule has 4 aliphatic carbocycles. The minimum Gasteiger partial charge on any atom is -0.462 e. The largest absolute Gasteiger partial charge is 0.462 e. The van der Waals surface area contributed by atoms with Gasteiger partial charge in [-0.25, -0.2) is 0 Å². The van der Waals surface area contributed by atoms with Gasteiger partial charge in [-0.3, -0.25) is 14.5 Å². The summed E-state index contributed by atoms with van der Waals surface area (Å²) in [5, 5.41) is 2.99. The predicted octanol–water partition coefficient (Wildman–Crippen LogP) is 7.95. The van der Waals surface area contributed by atoms with Crippen molar-refractivity contribution >= 4 is 11.9 Å². The Morgan fingerprint density at radius 3 is 2.56 bits per heavy atom. The average molecular weight is 627 g/mol.